The van der Waals surface area contributed by atoms with Gasteiger partial charge in [0.2, 0.25) is 0 Å². The zero-order chi connectivity index (χ0) is 25.8. The van der Waals surface area contributed by atoms with Crippen LogP contribution in [0.5, 0.6) is 5.75 Å². The van der Waals surface area contributed by atoms with Gasteiger partial charge in [0.15, 0.2) is 0 Å². The number of carbonyl (C=O) groups is 2. The zero-order valence-corrected chi connectivity index (χ0v) is 19.4. The van der Waals surface area contributed by atoms with E-state index in [0.29, 0.717) is 18.8 Å². The molecule has 3 heterocycles. The highest BCUT2D eigenvalue weighted by atomic mass is 19.4. The summed E-state index contributed by atoms with van der Waals surface area (Å²) in [7, 11) is 0. The van der Waals surface area contributed by atoms with Crippen molar-refractivity contribution in [2.75, 3.05) is 13.1 Å². The molecule has 1 aliphatic heterocycles. The van der Waals surface area contributed by atoms with Crippen LogP contribution in [-0.4, -0.2) is 62.2 Å². The van der Waals surface area contributed by atoms with Gasteiger partial charge >= 0.3 is 12.1 Å². The number of alkyl halides is 3. The average molecular weight is 490 g/mol. The number of carboxylic acid groups (broad SMARTS) is 1. The molecule has 1 aromatic carbocycles. The fourth-order valence-corrected chi connectivity index (χ4v) is 3.54. The molecule has 4 rings (SSSR count). The van der Waals surface area contributed by atoms with Crippen molar-refractivity contribution in [3.63, 3.8) is 0 Å². The summed E-state index contributed by atoms with van der Waals surface area (Å²) in [5, 5.41) is 7.12. The van der Waals surface area contributed by atoms with Gasteiger partial charge in [-0.2, -0.15) is 13.2 Å². The zero-order valence-electron chi connectivity index (χ0n) is 19.4. The molecule has 0 bridgehead atoms. The second kappa shape index (κ2) is 10.6. The molecule has 1 fully saturated rings. The molecule has 8 nitrogen and oxygen atoms in total. The monoisotopic (exact) mass is 490 g/mol. The molecular formula is C24H25F3N4O4. The van der Waals surface area contributed by atoms with E-state index in [2.05, 4.69) is 21.0 Å². The number of hydrogen-bond acceptors (Lipinski definition) is 5. The van der Waals surface area contributed by atoms with Gasteiger partial charge in [-0.25, -0.2) is 9.78 Å². The SMILES string of the molecule is Cc1cccc(-c2nc(C(=O)N3CCC(Oc4ccnc(C)c4)C3)c(C)[nH]2)c1.O=C(O)C(F)(F)F. The van der Waals surface area contributed by atoms with Crippen molar-refractivity contribution in [1.82, 2.24) is 19.9 Å². The summed E-state index contributed by atoms with van der Waals surface area (Å²) in [5.41, 5.74) is 4.33. The number of imidazole rings is 1. The molecule has 186 valence electrons. The van der Waals surface area contributed by atoms with Crippen molar-refractivity contribution < 1.29 is 32.6 Å². The molecule has 2 aromatic heterocycles. The van der Waals surface area contributed by atoms with Crippen LogP contribution in [0.15, 0.2) is 42.6 Å². The van der Waals surface area contributed by atoms with Crippen LogP contribution in [0.2, 0.25) is 0 Å². The topological polar surface area (TPSA) is 108 Å². The normalized spacial score (nSPS) is 15.4. The summed E-state index contributed by atoms with van der Waals surface area (Å²) < 4.78 is 37.8. The predicted octanol–water partition coefficient (Wildman–Crippen LogP) is 4.32. The lowest BCUT2D eigenvalue weighted by molar-refractivity contribution is -0.192. The van der Waals surface area contributed by atoms with E-state index in [1.54, 1.807) is 6.20 Å². The van der Waals surface area contributed by atoms with Gasteiger partial charge in [-0.3, -0.25) is 9.78 Å². The smallest absolute Gasteiger partial charge is 0.488 e. The van der Waals surface area contributed by atoms with Crippen LogP contribution in [0.1, 0.15) is 33.9 Å². The number of H-pyrrole nitrogens is 1. The van der Waals surface area contributed by atoms with Crippen molar-refractivity contribution in [2.45, 2.75) is 39.5 Å². The van der Waals surface area contributed by atoms with Crippen LogP contribution in [-0.2, 0) is 4.79 Å². The van der Waals surface area contributed by atoms with Crippen molar-refractivity contribution in [3.8, 4) is 17.1 Å². The third-order valence-electron chi connectivity index (χ3n) is 5.22. The van der Waals surface area contributed by atoms with Crippen LogP contribution in [0.3, 0.4) is 0 Å². The Morgan fingerprint density at radius 2 is 1.89 bits per heavy atom. The van der Waals surface area contributed by atoms with E-state index >= 15 is 0 Å². The number of aryl methyl sites for hydroxylation is 3. The lowest BCUT2D eigenvalue weighted by atomic mass is 10.1. The molecule has 0 spiro atoms. The van der Waals surface area contributed by atoms with Gasteiger partial charge < -0.3 is 19.7 Å². The number of halogens is 3. The Bertz CT molecular complexity index is 1210. The van der Waals surface area contributed by atoms with E-state index in [9.17, 15) is 18.0 Å². The van der Waals surface area contributed by atoms with Crippen molar-refractivity contribution in [3.05, 3.63) is 65.2 Å². The van der Waals surface area contributed by atoms with E-state index in [1.165, 1.54) is 0 Å². The number of carbonyl (C=O) groups excluding carboxylic acids is 1. The first-order valence-corrected chi connectivity index (χ1v) is 10.8. The Kier molecular flexibility index (Phi) is 7.78. The van der Waals surface area contributed by atoms with Gasteiger partial charge in [-0.1, -0.05) is 23.8 Å². The number of nitrogens with one attached hydrogen (secondary N) is 1. The lowest BCUT2D eigenvalue weighted by Gasteiger charge is -2.16. The summed E-state index contributed by atoms with van der Waals surface area (Å²) in [6.45, 7) is 7.10. The first-order valence-electron chi connectivity index (χ1n) is 10.8. The summed E-state index contributed by atoms with van der Waals surface area (Å²) in [6, 6.07) is 11.9. The van der Waals surface area contributed by atoms with Crippen LogP contribution < -0.4 is 4.74 Å². The molecule has 1 unspecified atom stereocenters. The number of amides is 1. The second-order valence-electron chi connectivity index (χ2n) is 8.14. The fraction of sp³-hybridized carbons (Fsp3) is 0.333. The number of rotatable bonds is 4. The maximum Gasteiger partial charge on any atom is 0.490 e. The van der Waals surface area contributed by atoms with E-state index in [-0.39, 0.29) is 12.0 Å². The molecule has 1 aliphatic rings. The minimum atomic E-state index is -5.08. The van der Waals surface area contributed by atoms with Crippen molar-refractivity contribution in [1.29, 1.82) is 0 Å². The number of ether oxygens (including phenoxy) is 1. The first kappa shape index (κ1) is 25.7. The van der Waals surface area contributed by atoms with Gasteiger partial charge in [-0.05, 0) is 32.9 Å². The second-order valence-corrected chi connectivity index (χ2v) is 8.14. The van der Waals surface area contributed by atoms with Crippen LogP contribution in [0.25, 0.3) is 11.4 Å². The van der Waals surface area contributed by atoms with Crippen LogP contribution in [0.4, 0.5) is 13.2 Å². The number of nitrogens with zero attached hydrogens (tertiary/aromatic N) is 3. The molecule has 0 saturated carbocycles. The average Bonchev–Trinajstić information content (AvgIpc) is 3.40. The number of carboxylic acids is 1. The molecule has 2 N–H and O–H groups in total. The summed E-state index contributed by atoms with van der Waals surface area (Å²) in [4.78, 5) is 35.8. The maximum absolute atomic E-state index is 13.0. The van der Waals surface area contributed by atoms with Gasteiger partial charge in [0, 0.05) is 42.2 Å². The standard InChI is InChI=1S/C22H24N4O2.C2HF3O2/c1-14-5-4-6-17(11-14)21-24-16(3)20(25-21)22(27)26-10-8-19(13-26)28-18-7-9-23-15(2)12-18;3-2(4,5)1(6)7/h4-7,9,11-12,19H,8,10,13H2,1-3H3,(H,24,25);(H,6,7). The predicted molar refractivity (Wildman–Crippen MR) is 121 cm³/mol. The number of pyridine rings is 1. The number of aliphatic carboxylic acids is 1. The minimum absolute atomic E-state index is 0.0127. The molecule has 35 heavy (non-hydrogen) atoms. The summed E-state index contributed by atoms with van der Waals surface area (Å²) in [5.74, 6) is -1.29. The number of hydrogen-bond donors (Lipinski definition) is 2. The number of benzene rings is 1. The molecular weight excluding hydrogens is 465 g/mol. The largest absolute Gasteiger partial charge is 0.490 e. The van der Waals surface area contributed by atoms with Crippen molar-refractivity contribution in [2.24, 2.45) is 0 Å². The van der Waals surface area contributed by atoms with Gasteiger partial charge in [0.05, 0.1) is 6.54 Å². The van der Waals surface area contributed by atoms with E-state index in [4.69, 9.17) is 14.6 Å². The van der Waals surface area contributed by atoms with Crippen LogP contribution >= 0.6 is 0 Å². The molecule has 11 heteroatoms. The minimum Gasteiger partial charge on any atom is -0.488 e. The molecule has 0 aliphatic carbocycles. The van der Waals surface area contributed by atoms with Crippen molar-refractivity contribution >= 4 is 11.9 Å². The molecule has 1 saturated heterocycles. The Morgan fingerprint density at radius 3 is 2.51 bits per heavy atom. The molecule has 1 amide bonds. The Hall–Kier alpha value is -3.89. The highest BCUT2D eigenvalue weighted by Gasteiger charge is 2.38. The fourth-order valence-electron chi connectivity index (χ4n) is 3.54. The summed E-state index contributed by atoms with van der Waals surface area (Å²) in [6.07, 6.45) is -2.55. The van der Waals surface area contributed by atoms with Gasteiger partial charge in [0.25, 0.3) is 5.91 Å². The first-order chi connectivity index (χ1) is 16.4. The molecule has 3 aromatic rings. The number of aromatic amines is 1. The van der Waals surface area contributed by atoms with Gasteiger partial charge in [0.1, 0.15) is 23.4 Å². The highest BCUT2D eigenvalue weighted by molar-refractivity contribution is 5.94. The number of aromatic nitrogens is 3. The third kappa shape index (κ3) is 6.81. The van der Waals surface area contributed by atoms with E-state index < -0.39 is 12.1 Å². The lowest BCUT2D eigenvalue weighted by Crippen LogP contribution is -2.31. The van der Waals surface area contributed by atoms with E-state index in [0.717, 1.165) is 40.5 Å². The van der Waals surface area contributed by atoms with Crippen LogP contribution in [0, 0.1) is 20.8 Å². The molecule has 1 atom stereocenters. The maximum atomic E-state index is 13.0. The Balaban J connectivity index is 0.000000429. The Morgan fingerprint density at radius 1 is 1.17 bits per heavy atom. The quantitative estimate of drug-likeness (QED) is 0.564. The highest BCUT2D eigenvalue weighted by Crippen LogP contribution is 2.23. The summed E-state index contributed by atoms with van der Waals surface area (Å²) >= 11 is 0. The van der Waals surface area contributed by atoms with E-state index in [1.807, 2.05) is 56.0 Å². The number of likely N-dealkylation sites (tertiary alicyclic amines) is 1. The molecule has 0 radical (unpaired) electrons. The Labute approximate surface area is 199 Å². The van der Waals surface area contributed by atoms with Gasteiger partial charge in [-0.15, -0.1) is 0 Å². The third-order valence-corrected chi connectivity index (χ3v) is 5.22.